The van der Waals surface area contributed by atoms with E-state index in [1.807, 2.05) is 6.92 Å². The molecule has 0 radical (unpaired) electrons. The molecule has 0 aromatic heterocycles. The lowest BCUT2D eigenvalue weighted by atomic mass is 10.2. The molecule has 2 atom stereocenters. The number of ether oxygens (including phenoxy) is 1. The molecular formula is C19H26N2O5S. The molecule has 1 heterocycles. The van der Waals surface area contributed by atoms with Gasteiger partial charge in [0.1, 0.15) is 0 Å². The quantitative estimate of drug-likeness (QED) is 0.748. The number of nitrogens with one attached hydrogen (secondary N) is 1. The van der Waals surface area contributed by atoms with Gasteiger partial charge in [-0.15, -0.1) is 0 Å². The number of carbonyl (C=O) groups is 2. The topological polar surface area (TPSA) is 92.8 Å². The fourth-order valence-corrected chi connectivity index (χ4v) is 5.06. The minimum atomic E-state index is -3.59. The van der Waals surface area contributed by atoms with Crippen molar-refractivity contribution in [1.82, 2.24) is 4.31 Å². The lowest BCUT2D eigenvalue weighted by Gasteiger charge is -2.26. The van der Waals surface area contributed by atoms with E-state index >= 15 is 0 Å². The third-order valence-electron chi connectivity index (χ3n) is 5.16. The van der Waals surface area contributed by atoms with E-state index in [1.54, 1.807) is 19.1 Å². The van der Waals surface area contributed by atoms with Crippen molar-refractivity contribution in [2.75, 3.05) is 25.0 Å². The van der Waals surface area contributed by atoms with E-state index in [0.717, 1.165) is 25.7 Å². The van der Waals surface area contributed by atoms with Crippen molar-refractivity contribution in [2.24, 2.45) is 11.8 Å². The molecule has 1 saturated carbocycles. The van der Waals surface area contributed by atoms with E-state index in [0.29, 0.717) is 30.3 Å². The van der Waals surface area contributed by atoms with E-state index in [-0.39, 0.29) is 23.4 Å². The molecule has 1 aromatic carbocycles. The molecule has 1 aliphatic carbocycles. The van der Waals surface area contributed by atoms with Crippen molar-refractivity contribution in [2.45, 2.75) is 44.4 Å². The summed E-state index contributed by atoms with van der Waals surface area (Å²) < 4.78 is 32.3. The monoisotopic (exact) mass is 394 g/mol. The second kappa shape index (κ2) is 7.98. The van der Waals surface area contributed by atoms with Crippen LogP contribution in [0.2, 0.25) is 0 Å². The van der Waals surface area contributed by atoms with Crippen molar-refractivity contribution < 1.29 is 22.7 Å². The lowest BCUT2D eigenvalue weighted by molar-refractivity contribution is -0.148. The van der Waals surface area contributed by atoms with Crippen LogP contribution in [0, 0.1) is 18.8 Å². The largest absolute Gasteiger partial charge is 0.455 e. The SMILES string of the molecule is Cc1ccc(NC(=O)COC(=O)[C@H]2C[C@H]2C)cc1S(=O)(=O)N1CCCCC1. The third kappa shape index (κ3) is 4.68. The first-order chi connectivity index (χ1) is 12.8. The highest BCUT2D eigenvalue weighted by molar-refractivity contribution is 7.89. The van der Waals surface area contributed by atoms with Crippen LogP contribution in [-0.2, 0) is 24.3 Å². The van der Waals surface area contributed by atoms with Gasteiger partial charge in [0.25, 0.3) is 5.91 Å². The zero-order valence-electron chi connectivity index (χ0n) is 15.7. The van der Waals surface area contributed by atoms with Crippen LogP contribution in [0.1, 0.15) is 38.2 Å². The molecule has 0 bridgehead atoms. The zero-order chi connectivity index (χ0) is 19.6. The first-order valence-corrected chi connectivity index (χ1v) is 10.8. The summed E-state index contributed by atoms with van der Waals surface area (Å²) in [7, 11) is -3.59. The fourth-order valence-electron chi connectivity index (χ4n) is 3.29. The second-order valence-electron chi connectivity index (χ2n) is 7.42. The Morgan fingerprint density at radius 2 is 1.89 bits per heavy atom. The number of aryl methyl sites for hydroxylation is 1. The van der Waals surface area contributed by atoms with Crippen LogP contribution < -0.4 is 5.32 Å². The van der Waals surface area contributed by atoms with Gasteiger partial charge in [0.2, 0.25) is 10.0 Å². The number of amides is 1. The number of nitrogens with zero attached hydrogens (tertiary/aromatic N) is 1. The van der Waals surface area contributed by atoms with Gasteiger partial charge in [0.15, 0.2) is 6.61 Å². The highest BCUT2D eigenvalue weighted by Crippen LogP contribution is 2.38. The number of rotatable bonds is 6. The standard InChI is InChI=1S/C19H26N2O5S/c1-13-6-7-15(20-18(22)12-26-19(23)16-10-14(16)2)11-17(13)27(24,25)21-8-4-3-5-9-21/h6-7,11,14,16H,3-5,8-10,12H2,1-2H3,(H,20,22)/t14-,16+/m1/s1. The van der Waals surface area contributed by atoms with Crippen LogP contribution >= 0.6 is 0 Å². The number of esters is 1. The van der Waals surface area contributed by atoms with Crippen LogP contribution in [0.3, 0.4) is 0 Å². The molecule has 3 rings (SSSR count). The van der Waals surface area contributed by atoms with Gasteiger partial charge in [-0.3, -0.25) is 9.59 Å². The molecule has 1 amide bonds. The van der Waals surface area contributed by atoms with E-state index < -0.39 is 15.9 Å². The van der Waals surface area contributed by atoms with Gasteiger partial charge in [0.05, 0.1) is 10.8 Å². The molecule has 2 aliphatic rings. The lowest BCUT2D eigenvalue weighted by Crippen LogP contribution is -2.36. The molecule has 2 fully saturated rings. The molecular weight excluding hydrogens is 368 g/mol. The summed E-state index contributed by atoms with van der Waals surface area (Å²) in [4.78, 5) is 23.9. The summed E-state index contributed by atoms with van der Waals surface area (Å²) in [5, 5.41) is 2.61. The van der Waals surface area contributed by atoms with E-state index in [4.69, 9.17) is 4.74 Å². The molecule has 1 saturated heterocycles. The first-order valence-electron chi connectivity index (χ1n) is 9.36. The Morgan fingerprint density at radius 1 is 1.22 bits per heavy atom. The van der Waals surface area contributed by atoms with Crippen LogP contribution in [-0.4, -0.2) is 44.3 Å². The molecule has 1 aliphatic heterocycles. The normalized spacial score (nSPS) is 22.9. The van der Waals surface area contributed by atoms with Gasteiger partial charge < -0.3 is 10.1 Å². The summed E-state index contributed by atoms with van der Waals surface area (Å²) in [6, 6.07) is 4.79. The summed E-state index contributed by atoms with van der Waals surface area (Å²) in [6.45, 7) is 4.37. The minimum Gasteiger partial charge on any atom is -0.455 e. The number of anilines is 1. The molecule has 0 spiro atoms. The predicted molar refractivity (Wildman–Crippen MR) is 101 cm³/mol. The number of benzene rings is 1. The summed E-state index contributed by atoms with van der Waals surface area (Å²) in [6.07, 6.45) is 3.56. The van der Waals surface area contributed by atoms with E-state index in [1.165, 1.54) is 10.4 Å². The maximum absolute atomic E-state index is 12.9. The Hall–Kier alpha value is -1.93. The van der Waals surface area contributed by atoms with Gasteiger partial charge >= 0.3 is 5.97 Å². The minimum absolute atomic E-state index is 0.0986. The number of carbonyl (C=O) groups excluding carboxylic acids is 2. The molecule has 148 valence electrons. The van der Waals surface area contributed by atoms with E-state index in [9.17, 15) is 18.0 Å². The van der Waals surface area contributed by atoms with Gasteiger partial charge in [-0.05, 0) is 49.8 Å². The van der Waals surface area contributed by atoms with Gasteiger partial charge in [-0.1, -0.05) is 19.4 Å². The Labute approximate surface area is 160 Å². The predicted octanol–water partition coefficient (Wildman–Crippen LogP) is 2.31. The molecule has 0 unspecified atom stereocenters. The average Bonchev–Trinajstić information content (AvgIpc) is 3.39. The Morgan fingerprint density at radius 3 is 2.52 bits per heavy atom. The number of sulfonamides is 1. The van der Waals surface area contributed by atoms with Crippen LogP contribution in [0.15, 0.2) is 23.1 Å². The maximum atomic E-state index is 12.9. The zero-order valence-corrected chi connectivity index (χ0v) is 16.5. The highest BCUT2D eigenvalue weighted by atomic mass is 32.2. The molecule has 27 heavy (non-hydrogen) atoms. The van der Waals surface area contributed by atoms with Crippen molar-refractivity contribution in [3.05, 3.63) is 23.8 Å². The smallest absolute Gasteiger partial charge is 0.309 e. The Kier molecular flexibility index (Phi) is 5.86. The molecule has 1 N–H and O–H groups in total. The second-order valence-corrected chi connectivity index (χ2v) is 9.33. The number of piperidine rings is 1. The van der Waals surface area contributed by atoms with Gasteiger partial charge in [-0.2, -0.15) is 4.31 Å². The van der Waals surface area contributed by atoms with Gasteiger partial charge in [-0.25, -0.2) is 8.42 Å². The van der Waals surface area contributed by atoms with Crippen LogP contribution in [0.25, 0.3) is 0 Å². The average molecular weight is 394 g/mol. The van der Waals surface area contributed by atoms with Crippen LogP contribution in [0.4, 0.5) is 5.69 Å². The van der Waals surface area contributed by atoms with Crippen molar-refractivity contribution in [3.63, 3.8) is 0 Å². The molecule has 7 nitrogen and oxygen atoms in total. The summed E-state index contributed by atoms with van der Waals surface area (Å²) >= 11 is 0. The Bertz CT molecular complexity index is 831. The summed E-state index contributed by atoms with van der Waals surface area (Å²) in [5.74, 6) is -0.615. The fraction of sp³-hybridized carbons (Fsp3) is 0.579. The first kappa shape index (κ1) is 19.8. The van der Waals surface area contributed by atoms with Crippen molar-refractivity contribution >= 4 is 27.6 Å². The summed E-state index contributed by atoms with van der Waals surface area (Å²) in [5.41, 5.74) is 1.00. The maximum Gasteiger partial charge on any atom is 0.309 e. The number of hydrogen-bond acceptors (Lipinski definition) is 5. The van der Waals surface area contributed by atoms with Crippen molar-refractivity contribution in [3.8, 4) is 0 Å². The van der Waals surface area contributed by atoms with E-state index in [2.05, 4.69) is 5.32 Å². The highest BCUT2D eigenvalue weighted by Gasteiger charge is 2.40. The number of hydrogen-bond donors (Lipinski definition) is 1. The Balaban J connectivity index is 1.65. The van der Waals surface area contributed by atoms with Crippen LogP contribution in [0.5, 0.6) is 0 Å². The van der Waals surface area contributed by atoms with Crippen molar-refractivity contribution in [1.29, 1.82) is 0 Å². The third-order valence-corrected chi connectivity index (χ3v) is 7.20. The molecule has 1 aromatic rings. The molecule has 8 heteroatoms. The van der Waals surface area contributed by atoms with Gasteiger partial charge in [0, 0.05) is 18.8 Å².